The van der Waals surface area contributed by atoms with Gasteiger partial charge in [-0.1, -0.05) is 12.1 Å². The van der Waals surface area contributed by atoms with Crippen LogP contribution in [0.25, 0.3) is 0 Å². The lowest BCUT2D eigenvalue weighted by molar-refractivity contribution is -0.277. The van der Waals surface area contributed by atoms with Gasteiger partial charge in [0.1, 0.15) is 41.7 Å². The molecule has 0 aromatic heterocycles. The van der Waals surface area contributed by atoms with Crippen molar-refractivity contribution in [2.75, 3.05) is 6.61 Å². The van der Waals surface area contributed by atoms with Crippen LogP contribution in [0.2, 0.25) is 0 Å². The zero-order valence-electron chi connectivity index (χ0n) is 15.0. The Hall–Kier alpha value is -2.36. The largest absolute Gasteiger partial charge is 0.508 e. The average Bonchev–Trinajstić information content (AvgIpc) is 2.67. The van der Waals surface area contributed by atoms with Gasteiger partial charge in [0.05, 0.1) is 6.61 Å². The third kappa shape index (κ3) is 4.73. The minimum Gasteiger partial charge on any atom is -0.508 e. The van der Waals surface area contributed by atoms with Gasteiger partial charge in [-0.2, -0.15) is 0 Å². The van der Waals surface area contributed by atoms with E-state index < -0.39 is 37.3 Å². The van der Waals surface area contributed by atoms with E-state index in [1.807, 2.05) is 12.1 Å². The van der Waals surface area contributed by atoms with E-state index in [1.165, 1.54) is 6.07 Å². The van der Waals surface area contributed by atoms with E-state index in [-0.39, 0.29) is 17.2 Å². The molecule has 1 heterocycles. The van der Waals surface area contributed by atoms with Crippen molar-refractivity contribution in [1.82, 2.24) is 0 Å². The van der Waals surface area contributed by atoms with Crippen molar-refractivity contribution in [3.8, 4) is 17.2 Å². The summed E-state index contributed by atoms with van der Waals surface area (Å²) < 4.78 is 10.9. The summed E-state index contributed by atoms with van der Waals surface area (Å²) in [6, 6.07) is 11.4. The number of ether oxygens (including phenoxy) is 2. The molecule has 0 bridgehead atoms. The Morgan fingerprint density at radius 1 is 0.786 bits per heavy atom. The molecule has 0 aliphatic carbocycles. The van der Waals surface area contributed by atoms with Crippen LogP contribution in [-0.4, -0.2) is 68.0 Å². The van der Waals surface area contributed by atoms with Gasteiger partial charge in [0, 0.05) is 6.07 Å². The first kappa shape index (κ1) is 20.4. The van der Waals surface area contributed by atoms with Crippen LogP contribution in [0.1, 0.15) is 11.1 Å². The highest BCUT2D eigenvalue weighted by atomic mass is 16.7. The Bertz CT molecular complexity index is 776. The van der Waals surface area contributed by atoms with Gasteiger partial charge < -0.3 is 40.1 Å². The fraction of sp³-hybridized carbons (Fsp3) is 0.400. The Morgan fingerprint density at radius 3 is 2.14 bits per heavy atom. The summed E-state index contributed by atoms with van der Waals surface area (Å²) >= 11 is 0. The molecule has 1 aliphatic heterocycles. The second-order valence-corrected chi connectivity index (χ2v) is 6.82. The highest BCUT2D eigenvalue weighted by Crippen LogP contribution is 2.28. The standard InChI is InChI=1S/C20H24O8/c21-10-16-17(24)18(25)19(26)20(28-16)27-15-8-12(7-14(23)9-15)2-1-11-3-5-13(22)6-4-11/h3-9,16-26H,1-2,10H2/t16-,17-,18+,19-,20+/m1/s1. The fourth-order valence-electron chi connectivity index (χ4n) is 3.11. The lowest BCUT2D eigenvalue weighted by atomic mass is 9.99. The molecule has 2 aromatic carbocycles. The van der Waals surface area contributed by atoms with Crippen LogP contribution in [0, 0.1) is 0 Å². The van der Waals surface area contributed by atoms with E-state index in [2.05, 4.69) is 0 Å². The average molecular weight is 392 g/mol. The predicted octanol–water partition coefficient (Wildman–Crippen LogP) is 0.0617. The molecule has 28 heavy (non-hydrogen) atoms. The molecule has 1 aliphatic rings. The van der Waals surface area contributed by atoms with E-state index in [9.17, 15) is 30.6 Å². The number of hydrogen-bond donors (Lipinski definition) is 6. The Labute approximate surface area is 161 Å². The van der Waals surface area contributed by atoms with Crippen LogP contribution in [-0.2, 0) is 17.6 Å². The maximum Gasteiger partial charge on any atom is 0.229 e. The van der Waals surface area contributed by atoms with Crippen LogP contribution in [0.5, 0.6) is 17.2 Å². The van der Waals surface area contributed by atoms with Crippen molar-refractivity contribution in [2.45, 2.75) is 43.5 Å². The van der Waals surface area contributed by atoms with Crippen molar-refractivity contribution in [2.24, 2.45) is 0 Å². The second-order valence-electron chi connectivity index (χ2n) is 6.82. The summed E-state index contributed by atoms with van der Waals surface area (Å²) in [5.74, 6) is 0.365. The number of rotatable bonds is 6. The molecule has 8 nitrogen and oxygen atoms in total. The molecule has 0 amide bonds. The quantitative estimate of drug-likeness (QED) is 0.406. The summed E-state index contributed by atoms with van der Waals surface area (Å²) in [4.78, 5) is 0. The molecule has 0 radical (unpaired) electrons. The summed E-state index contributed by atoms with van der Waals surface area (Å²) in [5, 5.41) is 58.3. The Kier molecular flexibility index (Phi) is 6.38. The van der Waals surface area contributed by atoms with Crippen molar-refractivity contribution < 1.29 is 40.1 Å². The van der Waals surface area contributed by atoms with E-state index in [4.69, 9.17) is 9.47 Å². The summed E-state index contributed by atoms with van der Waals surface area (Å²) in [7, 11) is 0. The molecule has 8 heteroatoms. The number of aliphatic hydroxyl groups excluding tert-OH is 4. The van der Waals surface area contributed by atoms with Crippen molar-refractivity contribution in [3.63, 3.8) is 0 Å². The topological polar surface area (TPSA) is 140 Å². The number of phenolic OH excluding ortho intramolecular Hbond substituents is 2. The fourth-order valence-corrected chi connectivity index (χ4v) is 3.11. The van der Waals surface area contributed by atoms with Crippen molar-refractivity contribution >= 4 is 0 Å². The Morgan fingerprint density at radius 2 is 1.46 bits per heavy atom. The molecule has 152 valence electrons. The molecule has 6 N–H and O–H groups in total. The zero-order chi connectivity index (χ0) is 20.3. The summed E-state index contributed by atoms with van der Waals surface area (Å²) in [6.07, 6.45) is -5.67. The van der Waals surface area contributed by atoms with Crippen LogP contribution in [0.3, 0.4) is 0 Å². The molecule has 5 atom stereocenters. The van der Waals surface area contributed by atoms with Crippen LogP contribution < -0.4 is 4.74 Å². The summed E-state index contributed by atoms with van der Waals surface area (Å²) in [6.45, 7) is -0.553. The number of aliphatic hydroxyl groups is 4. The number of aromatic hydroxyl groups is 2. The van der Waals surface area contributed by atoms with Crippen LogP contribution in [0.4, 0.5) is 0 Å². The number of benzene rings is 2. The minimum atomic E-state index is -1.54. The number of phenols is 2. The van der Waals surface area contributed by atoms with Gasteiger partial charge in [0.15, 0.2) is 0 Å². The van der Waals surface area contributed by atoms with Gasteiger partial charge in [-0.05, 0) is 48.2 Å². The second kappa shape index (κ2) is 8.76. The van der Waals surface area contributed by atoms with Gasteiger partial charge in [-0.15, -0.1) is 0 Å². The maximum absolute atomic E-state index is 10.1. The molecule has 0 unspecified atom stereocenters. The SMILES string of the molecule is OC[C@H]1O[C@H](Oc2cc(O)cc(CCc3ccc(O)cc3)c2)[C@H](O)[C@@H](O)[C@@H]1O. The molecular formula is C20H24O8. The predicted molar refractivity (Wildman–Crippen MR) is 98.0 cm³/mol. The number of hydrogen-bond acceptors (Lipinski definition) is 8. The van der Waals surface area contributed by atoms with Crippen LogP contribution in [0.15, 0.2) is 42.5 Å². The van der Waals surface area contributed by atoms with Gasteiger partial charge in [0.2, 0.25) is 6.29 Å². The molecular weight excluding hydrogens is 368 g/mol. The normalized spacial score (nSPS) is 27.5. The monoisotopic (exact) mass is 392 g/mol. The first-order valence-corrected chi connectivity index (χ1v) is 8.95. The molecule has 2 aromatic rings. The van der Waals surface area contributed by atoms with Crippen LogP contribution >= 0.6 is 0 Å². The highest BCUT2D eigenvalue weighted by Gasteiger charge is 2.44. The molecule has 0 spiro atoms. The van der Waals surface area contributed by atoms with Gasteiger partial charge in [0.25, 0.3) is 0 Å². The third-order valence-corrected chi connectivity index (χ3v) is 4.69. The Balaban J connectivity index is 1.69. The smallest absolute Gasteiger partial charge is 0.229 e. The highest BCUT2D eigenvalue weighted by molar-refractivity contribution is 5.38. The molecule has 3 rings (SSSR count). The first-order valence-electron chi connectivity index (χ1n) is 8.95. The molecule has 1 fully saturated rings. The summed E-state index contributed by atoms with van der Waals surface area (Å²) in [5.41, 5.74) is 1.78. The van der Waals surface area contributed by atoms with E-state index in [0.717, 1.165) is 11.1 Å². The first-order chi connectivity index (χ1) is 13.4. The van der Waals surface area contributed by atoms with E-state index in [0.29, 0.717) is 12.8 Å². The lowest BCUT2D eigenvalue weighted by Gasteiger charge is -2.39. The van der Waals surface area contributed by atoms with Crippen molar-refractivity contribution in [3.05, 3.63) is 53.6 Å². The molecule has 1 saturated heterocycles. The lowest BCUT2D eigenvalue weighted by Crippen LogP contribution is -2.60. The zero-order valence-corrected chi connectivity index (χ0v) is 15.0. The minimum absolute atomic E-state index is 0.0391. The third-order valence-electron chi connectivity index (χ3n) is 4.69. The van der Waals surface area contributed by atoms with Crippen molar-refractivity contribution in [1.29, 1.82) is 0 Å². The van der Waals surface area contributed by atoms with E-state index in [1.54, 1.807) is 24.3 Å². The molecule has 0 saturated carbocycles. The van der Waals surface area contributed by atoms with Gasteiger partial charge in [-0.25, -0.2) is 0 Å². The maximum atomic E-state index is 10.1. The number of aryl methyl sites for hydroxylation is 2. The van der Waals surface area contributed by atoms with Gasteiger partial charge >= 0.3 is 0 Å². The van der Waals surface area contributed by atoms with E-state index >= 15 is 0 Å². The van der Waals surface area contributed by atoms with Gasteiger partial charge in [-0.3, -0.25) is 0 Å².